The van der Waals surface area contributed by atoms with E-state index in [-0.39, 0.29) is 0 Å². The SMILES string of the molecule is Cc1cn2c(n1)N(C)c1nc[nH]c1C(O)C2. The summed E-state index contributed by atoms with van der Waals surface area (Å²) < 4.78 is 1.94. The number of fused-ring (bicyclic) bond motifs is 2. The zero-order chi connectivity index (χ0) is 11.3. The van der Waals surface area contributed by atoms with Gasteiger partial charge in [-0.3, -0.25) is 4.90 Å². The van der Waals surface area contributed by atoms with Crippen molar-refractivity contribution in [3.63, 3.8) is 0 Å². The van der Waals surface area contributed by atoms with Crippen molar-refractivity contribution in [3.05, 3.63) is 23.9 Å². The Balaban J connectivity index is 2.20. The molecule has 0 saturated carbocycles. The molecule has 0 spiro atoms. The minimum atomic E-state index is -0.574. The Hall–Kier alpha value is -1.82. The lowest BCUT2D eigenvalue weighted by atomic mass is 10.2. The third-order valence-electron chi connectivity index (χ3n) is 2.84. The minimum absolute atomic E-state index is 0.496. The van der Waals surface area contributed by atoms with Crippen molar-refractivity contribution in [1.82, 2.24) is 19.5 Å². The number of rotatable bonds is 0. The molecule has 0 fully saturated rings. The van der Waals surface area contributed by atoms with Gasteiger partial charge in [0.1, 0.15) is 6.10 Å². The molecule has 0 aromatic carbocycles. The highest BCUT2D eigenvalue weighted by Gasteiger charge is 2.26. The number of nitrogens with one attached hydrogen (secondary N) is 1. The molecule has 3 rings (SSSR count). The maximum atomic E-state index is 10.1. The number of H-pyrrole nitrogens is 1. The molecule has 6 nitrogen and oxygen atoms in total. The van der Waals surface area contributed by atoms with Gasteiger partial charge in [0.05, 0.1) is 24.3 Å². The van der Waals surface area contributed by atoms with Crippen LogP contribution in [-0.2, 0) is 6.54 Å². The van der Waals surface area contributed by atoms with E-state index in [1.807, 2.05) is 29.6 Å². The van der Waals surface area contributed by atoms with Gasteiger partial charge in [-0.2, -0.15) is 0 Å². The Bertz CT molecular complexity index is 529. The van der Waals surface area contributed by atoms with Gasteiger partial charge >= 0.3 is 0 Å². The van der Waals surface area contributed by atoms with Gasteiger partial charge in [0.2, 0.25) is 5.95 Å². The van der Waals surface area contributed by atoms with Crippen molar-refractivity contribution in [3.8, 4) is 0 Å². The molecule has 2 aromatic rings. The van der Waals surface area contributed by atoms with Crippen molar-refractivity contribution in [2.75, 3.05) is 11.9 Å². The fourth-order valence-corrected chi connectivity index (χ4v) is 2.12. The Kier molecular flexibility index (Phi) is 1.81. The fraction of sp³-hybridized carbons (Fsp3) is 0.400. The van der Waals surface area contributed by atoms with Crippen LogP contribution in [0.3, 0.4) is 0 Å². The number of hydrogen-bond donors (Lipinski definition) is 2. The second-order valence-corrected chi connectivity index (χ2v) is 4.05. The highest BCUT2D eigenvalue weighted by molar-refractivity contribution is 5.57. The van der Waals surface area contributed by atoms with E-state index in [0.717, 1.165) is 23.2 Å². The normalized spacial score (nSPS) is 19.2. The monoisotopic (exact) mass is 219 g/mol. The van der Waals surface area contributed by atoms with E-state index in [1.54, 1.807) is 6.33 Å². The second kappa shape index (κ2) is 3.08. The van der Waals surface area contributed by atoms with Gasteiger partial charge < -0.3 is 14.7 Å². The van der Waals surface area contributed by atoms with Gasteiger partial charge in [0.15, 0.2) is 5.82 Å². The smallest absolute Gasteiger partial charge is 0.211 e. The molecule has 0 saturated heterocycles. The molecule has 1 atom stereocenters. The van der Waals surface area contributed by atoms with E-state index in [1.165, 1.54) is 0 Å². The van der Waals surface area contributed by atoms with Crippen LogP contribution >= 0.6 is 0 Å². The van der Waals surface area contributed by atoms with Gasteiger partial charge in [0.25, 0.3) is 0 Å². The summed E-state index contributed by atoms with van der Waals surface area (Å²) in [5.74, 6) is 1.54. The molecule has 0 amide bonds. The second-order valence-electron chi connectivity index (χ2n) is 4.05. The molecular weight excluding hydrogens is 206 g/mol. The number of aromatic nitrogens is 4. The van der Waals surface area contributed by atoms with Crippen LogP contribution in [-0.4, -0.2) is 31.7 Å². The first-order chi connectivity index (χ1) is 7.66. The first kappa shape index (κ1) is 9.41. The van der Waals surface area contributed by atoms with Crippen molar-refractivity contribution < 1.29 is 5.11 Å². The summed E-state index contributed by atoms with van der Waals surface area (Å²) in [5, 5.41) is 10.1. The molecular formula is C10H13N5O. The summed E-state index contributed by atoms with van der Waals surface area (Å²) in [4.78, 5) is 13.5. The zero-order valence-corrected chi connectivity index (χ0v) is 9.18. The summed E-state index contributed by atoms with van der Waals surface area (Å²) >= 11 is 0. The molecule has 0 radical (unpaired) electrons. The lowest BCUT2D eigenvalue weighted by molar-refractivity contribution is 0.155. The van der Waals surface area contributed by atoms with Crippen LogP contribution < -0.4 is 4.90 Å². The van der Waals surface area contributed by atoms with Gasteiger partial charge in [-0.25, -0.2) is 9.97 Å². The number of aliphatic hydroxyl groups is 1. The van der Waals surface area contributed by atoms with E-state index in [4.69, 9.17) is 0 Å². The van der Waals surface area contributed by atoms with Gasteiger partial charge in [-0.15, -0.1) is 0 Å². The van der Waals surface area contributed by atoms with Crippen molar-refractivity contribution in [2.45, 2.75) is 19.6 Å². The predicted molar refractivity (Wildman–Crippen MR) is 58.6 cm³/mol. The maximum Gasteiger partial charge on any atom is 0.211 e. The van der Waals surface area contributed by atoms with Crippen LogP contribution in [0.1, 0.15) is 17.5 Å². The predicted octanol–water partition coefficient (Wildman–Crippen LogP) is 0.730. The molecule has 1 aliphatic heterocycles. The fourth-order valence-electron chi connectivity index (χ4n) is 2.12. The maximum absolute atomic E-state index is 10.1. The average molecular weight is 219 g/mol. The highest BCUT2D eigenvalue weighted by Crippen LogP contribution is 2.32. The zero-order valence-electron chi connectivity index (χ0n) is 9.18. The van der Waals surface area contributed by atoms with Gasteiger partial charge in [0, 0.05) is 13.2 Å². The van der Waals surface area contributed by atoms with E-state index in [9.17, 15) is 5.11 Å². The quantitative estimate of drug-likeness (QED) is 0.685. The summed E-state index contributed by atoms with van der Waals surface area (Å²) in [7, 11) is 1.90. The Labute approximate surface area is 92.6 Å². The molecule has 1 aliphatic rings. The first-order valence-electron chi connectivity index (χ1n) is 5.15. The van der Waals surface area contributed by atoms with Crippen molar-refractivity contribution in [2.24, 2.45) is 0 Å². The van der Waals surface area contributed by atoms with E-state index in [0.29, 0.717) is 6.54 Å². The van der Waals surface area contributed by atoms with Gasteiger partial charge in [-0.1, -0.05) is 0 Å². The lowest BCUT2D eigenvalue weighted by Crippen LogP contribution is -2.14. The molecule has 6 heteroatoms. The van der Waals surface area contributed by atoms with Crippen LogP contribution in [0, 0.1) is 6.92 Å². The number of anilines is 2. The van der Waals surface area contributed by atoms with Crippen LogP contribution in [0.15, 0.2) is 12.5 Å². The number of aromatic amines is 1. The van der Waals surface area contributed by atoms with Crippen molar-refractivity contribution >= 4 is 11.8 Å². The molecule has 0 aliphatic carbocycles. The van der Waals surface area contributed by atoms with Crippen LogP contribution in [0.5, 0.6) is 0 Å². The number of aliphatic hydroxyl groups excluding tert-OH is 1. The average Bonchev–Trinajstić information content (AvgIpc) is 2.81. The van der Waals surface area contributed by atoms with E-state index >= 15 is 0 Å². The Morgan fingerprint density at radius 2 is 2.38 bits per heavy atom. The molecule has 0 bridgehead atoms. The lowest BCUT2D eigenvalue weighted by Gasteiger charge is -2.14. The molecule has 16 heavy (non-hydrogen) atoms. The molecule has 84 valence electrons. The number of hydrogen-bond acceptors (Lipinski definition) is 4. The Morgan fingerprint density at radius 3 is 3.19 bits per heavy atom. The van der Waals surface area contributed by atoms with Gasteiger partial charge in [-0.05, 0) is 6.92 Å². The van der Waals surface area contributed by atoms with Crippen LogP contribution in [0.4, 0.5) is 11.8 Å². The third kappa shape index (κ3) is 1.16. The minimum Gasteiger partial charge on any atom is -0.385 e. The summed E-state index contributed by atoms with van der Waals surface area (Å²) in [5.41, 5.74) is 1.68. The molecule has 2 aromatic heterocycles. The number of imidazole rings is 2. The summed E-state index contributed by atoms with van der Waals surface area (Å²) in [6, 6.07) is 0. The number of nitrogens with zero attached hydrogens (tertiary/aromatic N) is 4. The van der Waals surface area contributed by atoms with E-state index in [2.05, 4.69) is 15.0 Å². The third-order valence-corrected chi connectivity index (χ3v) is 2.84. The van der Waals surface area contributed by atoms with Crippen LogP contribution in [0.25, 0.3) is 0 Å². The molecule has 2 N–H and O–H groups in total. The summed E-state index contributed by atoms with van der Waals surface area (Å²) in [6.07, 6.45) is 2.95. The first-order valence-corrected chi connectivity index (χ1v) is 5.15. The van der Waals surface area contributed by atoms with Crippen LogP contribution in [0.2, 0.25) is 0 Å². The largest absolute Gasteiger partial charge is 0.385 e. The Morgan fingerprint density at radius 1 is 1.56 bits per heavy atom. The topological polar surface area (TPSA) is 70.0 Å². The molecule has 3 heterocycles. The molecule has 1 unspecified atom stereocenters. The standard InChI is InChI=1S/C10H13N5O/c1-6-3-15-4-7(16)8-9(12-5-11-8)14(2)10(15)13-6/h3,5,7,16H,4H2,1-2H3,(H,11,12). The van der Waals surface area contributed by atoms with E-state index < -0.39 is 6.10 Å². The van der Waals surface area contributed by atoms with Crippen molar-refractivity contribution in [1.29, 1.82) is 0 Å². The number of aryl methyl sites for hydroxylation is 1. The highest BCUT2D eigenvalue weighted by atomic mass is 16.3. The summed E-state index contributed by atoms with van der Waals surface area (Å²) in [6.45, 7) is 2.43.